The predicted octanol–water partition coefficient (Wildman–Crippen LogP) is 2.15. The van der Waals surface area contributed by atoms with Crippen molar-refractivity contribution in [3.05, 3.63) is 35.9 Å². The number of hydrogen-bond acceptors (Lipinski definition) is 4. The Morgan fingerprint density at radius 2 is 1.83 bits per heavy atom. The molecule has 1 aromatic carbocycles. The number of ether oxygens (including phenoxy) is 1. The van der Waals surface area contributed by atoms with Gasteiger partial charge in [-0.05, 0) is 24.3 Å². The van der Waals surface area contributed by atoms with Gasteiger partial charge < -0.3 is 15.0 Å². The van der Waals surface area contributed by atoms with E-state index in [1.54, 1.807) is 0 Å². The molecule has 0 aromatic heterocycles. The molecule has 6 nitrogen and oxygen atoms in total. The van der Waals surface area contributed by atoms with E-state index in [1.807, 2.05) is 11.0 Å². The number of nitrogens with one attached hydrogen (secondary N) is 1. The standard InChI is InChI=1S/C24H35N3O3/c1-18(2)12-25-22(28)21-14-26(13-19-6-4-3-5-7-19)15-24(21)16-27(17-24)23(29)20-8-10-30-11-9-20/h3-7,18,20-21H,8-17H2,1-2H3,(H,25,28). The Morgan fingerprint density at radius 1 is 1.13 bits per heavy atom. The zero-order chi connectivity index (χ0) is 21.1. The summed E-state index contributed by atoms with van der Waals surface area (Å²) in [5.74, 6) is 0.869. The molecule has 3 fully saturated rings. The van der Waals surface area contributed by atoms with Crippen molar-refractivity contribution in [2.45, 2.75) is 33.2 Å². The van der Waals surface area contributed by atoms with Crippen LogP contribution in [0.1, 0.15) is 32.3 Å². The van der Waals surface area contributed by atoms with E-state index in [-0.39, 0.29) is 29.1 Å². The molecular formula is C24H35N3O3. The van der Waals surface area contributed by atoms with E-state index >= 15 is 0 Å². The van der Waals surface area contributed by atoms with E-state index < -0.39 is 0 Å². The van der Waals surface area contributed by atoms with Crippen molar-refractivity contribution in [2.75, 3.05) is 45.9 Å². The summed E-state index contributed by atoms with van der Waals surface area (Å²) < 4.78 is 5.41. The molecule has 164 valence electrons. The van der Waals surface area contributed by atoms with Crippen LogP contribution in [0.5, 0.6) is 0 Å². The van der Waals surface area contributed by atoms with E-state index in [0.717, 1.165) is 32.5 Å². The number of carbonyl (C=O) groups excluding carboxylic acids is 2. The van der Waals surface area contributed by atoms with Crippen LogP contribution in [0.2, 0.25) is 0 Å². The Morgan fingerprint density at radius 3 is 2.50 bits per heavy atom. The van der Waals surface area contributed by atoms with Gasteiger partial charge in [0.1, 0.15) is 0 Å². The highest BCUT2D eigenvalue weighted by molar-refractivity contribution is 5.83. The molecule has 3 saturated heterocycles. The van der Waals surface area contributed by atoms with Crippen molar-refractivity contribution in [1.82, 2.24) is 15.1 Å². The number of amides is 2. The van der Waals surface area contributed by atoms with E-state index in [1.165, 1.54) is 5.56 Å². The lowest BCUT2D eigenvalue weighted by atomic mass is 9.70. The van der Waals surface area contributed by atoms with Gasteiger partial charge in [0, 0.05) is 63.8 Å². The molecule has 30 heavy (non-hydrogen) atoms. The summed E-state index contributed by atoms with van der Waals surface area (Å²) in [5.41, 5.74) is 1.15. The maximum absolute atomic E-state index is 13.1. The van der Waals surface area contributed by atoms with Crippen LogP contribution in [0.15, 0.2) is 30.3 Å². The molecule has 0 bridgehead atoms. The van der Waals surface area contributed by atoms with Crippen LogP contribution < -0.4 is 5.32 Å². The van der Waals surface area contributed by atoms with Crippen molar-refractivity contribution in [2.24, 2.45) is 23.2 Å². The molecular weight excluding hydrogens is 378 g/mol. The second kappa shape index (κ2) is 9.06. The van der Waals surface area contributed by atoms with Gasteiger partial charge in [-0.25, -0.2) is 0 Å². The van der Waals surface area contributed by atoms with Crippen LogP contribution in [-0.4, -0.2) is 67.6 Å². The first-order chi connectivity index (χ1) is 14.5. The van der Waals surface area contributed by atoms with Gasteiger partial charge in [0.25, 0.3) is 0 Å². The average Bonchev–Trinajstić information content (AvgIpc) is 3.11. The Hall–Kier alpha value is -1.92. The highest BCUT2D eigenvalue weighted by Gasteiger charge is 2.58. The van der Waals surface area contributed by atoms with Gasteiger partial charge >= 0.3 is 0 Å². The molecule has 1 aromatic rings. The largest absolute Gasteiger partial charge is 0.381 e. The average molecular weight is 414 g/mol. The minimum absolute atomic E-state index is 0.0568. The first-order valence-corrected chi connectivity index (χ1v) is 11.4. The van der Waals surface area contributed by atoms with Crippen molar-refractivity contribution < 1.29 is 14.3 Å². The Kier molecular flexibility index (Phi) is 6.44. The summed E-state index contributed by atoms with van der Waals surface area (Å²) >= 11 is 0. The lowest BCUT2D eigenvalue weighted by Gasteiger charge is -2.51. The van der Waals surface area contributed by atoms with Crippen molar-refractivity contribution >= 4 is 11.8 Å². The van der Waals surface area contributed by atoms with Gasteiger partial charge in [0.2, 0.25) is 11.8 Å². The highest BCUT2D eigenvalue weighted by atomic mass is 16.5. The minimum Gasteiger partial charge on any atom is -0.381 e. The summed E-state index contributed by atoms with van der Waals surface area (Å²) in [5, 5.41) is 3.15. The smallest absolute Gasteiger partial charge is 0.225 e. The van der Waals surface area contributed by atoms with Gasteiger partial charge in [0.05, 0.1) is 5.92 Å². The summed E-state index contributed by atoms with van der Waals surface area (Å²) in [7, 11) is 0. The fourth-order valence-electron chi connectivity index (χ4n) is 5.22. The molecule has 0 aliphatic carbocycles. The Labute approximate surface area is 179 Å². The number of carbonyl (C=O) groups is 2. The van der Waals surface area contributed by atoms with Gasteiger partial charge in [-0.15, -0.1) is 0 Å². The first-order valence-electron chi connectivity index (χ1n) is 11.4. The molecule has 3 heterocycles. The topological polar surface area (TPSA) is 61.9 Å². The number of nitrogens with zero attached hydrogens (tertiary/aromatic N) is 2. The summed E-state index contributed by atoms with van der Waals surface area (Å²) in [6.07, 6.45) is 1.64. The minimum atomic E-state index is -0.114. The fourth-order valence-corrected chi connectivity index (χ4v) is 5.22. The lowest BCUT2D eigenvalue weighted by molar-refractivity contribution is -0.155. The quantitative estimate of drug-likeness (QED) is 0.776. The molecule has 1 atom stereocenters. The molecule has 0 radical (unpaired) electrons. The van der Waals surface area contributed by atoms with E-state index in [9.17, 15) is 9.59 Å². The molecule has 1 unspecified atom stereocenters. The Balaban J connectivity index is 1.43. The van der Waals surface area contributed by atoms with Crippen LogP contribution in [0, 0.1) is 23.2 Å². The third kappa shape index (κ3) is 4.54. The zero-order valence-electron chi connectivity index (χ0n) is 18.3. The predicted molar refractivity (Wildman–Crippen MR) is 116 cm³/mol. The molecule has 6 heteroatoms. The van der Waals surface area contributed by atoms with E-state index in [4.69, 9.17) is 4.74 Å². The van der Waals surface area contributed by atoms with Crippen LogP contribution >= 0.6 is 0 Å². The molecule has 3 aliphatic rings. The van der Waals surface area contributed by atoms with Crippen LogP contribution in [0.4, 0.5) is 0 Å². The van der Waals surface area contributed by atoms with Crippen molar-refractivity contribution in [1.29, 1.82) is 0 Å². The molecule has 1 spiro atoms. The molecule has 0 saturated carbocycles. The third-order valence-corrected chi connectivity index (χ3v) is 6.86. The normalized spacial score (nSPS) is 24.2. The summed E-state index contributed by atoms with van der Waals surface area (Å²) in [4.78, 5) is 30.4. The van der Waals surface area contributed by atoms with Gasteiger partial charge in [-0.1, -0.05) is 44.2 Å². The number of benzene rings is 1. The van der Waals surface area contributed by atoms with Gasteiger partial charge in [0.15, 0.2) is 0 Å². The first kappa shape index (κ1) is 21.3. The fraction of sp³-hybridized carbons (Fsp3) is 0.667. The van der Waals surface area contributed by atoms with Crippen molar-refractivity contribution in [3.63, 3.8) is 0 Å². The number of hydrogen-bond donors (Lipinski definition) is 1. The molecule has 2 amide bonds. The van der Waals surface area contributed by atoms with Gasteiger partial charge in [-0.2, -0.15) is 0 Å². The third-order valence-electron chi connectivity index (χ3n) is 6.86. The van der Waals surface area contributed by atoms with Gasteiger partial charge in [-0.3, -0.25) is 14.5 Å². The zero-order valence-corrected chi connectivity index (χ0v) is 18.3. The van der Waals surface area contributed by atoms with E-state index in [0.29, 0.717) is 38.8 Å². The molecule has 1 N–H and O–H groups in total. The summed E-state index contributed by atoms with van der Waals surface area (Å²) in [6.45, 7) is 10.2. The summed E-state index contributed by atoms with van der Waals surface area (Å²) in [6, 6.07) is 10.4. The molecule has 3 aliphatic heterocycles. The number of likely N-dealkylation sites (tertiary alicyclic amines) is 2. The Bertz CT molecular complexity index is 739. The maximum atomic E-state index is 13.1. The SMILES string of the molecule is CC(C)CNC(=O)C1CN(Cc2ccccc2)CC12CN(C(=O)C1CCOCC1)C2. The monoisotopic (exact) mass is 413 g/mol. The lowest BCUT2D eigenvalue weighted by Crippen LogP contribution is -2.65. The van der Waals surface area contributed by atoms with Crippen LogP contribution in [-0.2, 0) is 20.9 Å². The highest BCUT2D eigenvalue weighted by Crippen LogP contribution is 2.45. The second-order valence-corrected chi connectivity index (χ2v) is 9.79. The van der Waals surface area contributed by atoms with E-state index in [2.05, 4.69) is 48.3 Å². The maximum Gasteiger partial charge on any atom is 0.225 e. The van der Waals surface area contributed by atoms with Crippen LogP contribution in [0.25, 0.3) is 0 Å². The van der Waals surface area contributed by atoms with Crippen molar-refractivity contribution in [3.8, 4) is 0 Å². The number of rotatable bonds is 6. The van der Waals surface area contributed by atoms with Crippen LogP contribution in [0.3, 0.4) is 0 Å². The molecule has 4 rings (SSSR count). The second-order valence-electron chi connectivity index (χ2n) is 9.79.